The number of nitrogens with one attached hydrogen (secondary N) is 2. The van der Waals surface area contributed by atoms with Crippen molar-refractivity contribution in [1.82, 2.24) is 15.5 Å². The third kappa shape index (κ3) is 6.99. The summed E-state index contributed by atoms with van der Waals surface area (Å²) >= 11 is 0. The zero-order valence-electron chi connectivity index (χ0n) is 9.78. The first kappa shape index (κ1) is 12.9. The van der Waals surface area contributed by atoms with Crippen molar-refractivity contribution in [3.8, 4) is 0 Å². The highest BCUT2D eigenvalue weighted by atomic mass is 15.2. The maximum atomic E-state index is 3.39. The maximum Gasteiger partial charge on any atom is 0.0122 e. The van der Waals surface area contributed by atoms with Gasteiger partial charge < -0.3 is 15.5 Å². The van der Waals surface area contributed by atoms with Crippen LogP contribution < -0.4 is 10.6 Å². The molecule has 0 amide bonds. The van der Waals surface area contributed by atoms with Crippen LogP contribution >= 0.6 is 0 Å². The number of hydrogen-bond acceptors (Lipinski definition) is 3. The van der Waals surface area contributed by atoms with Gasteiger partial charge in [0.2, 0.25) is 0 Å². The lowest BCUT2D eigenvalue weighted by atomic mass is 10.1. The Morgan fingerprint density at radius 1 is 1.08 bits per heavy atom. The monoisotopic (exact) mass is 187 g/mol. The molecular formula is C10H25N3. The number of likely N-dealkylation sites (N-methyl/N-ethyl adjacent to an activating group) is 2. The fourth-order valence-electron chi connectivity index (χ4n) is 0.921. The molecule has 0 spiro atoms. The fourth-order valence-corrected chi connectivity index (χ4v) is 0.921. The Balaban J connectivity index is 3.32. The average Bonchev–Trinajstić information content (AvgIpc) is 2.02. The van der Waals surface area contributed by atoms with Gasteiger partial charge >= 0.3 is 0 Å². The molecule has 0 rings (SSSR count). The number of nitrogens with zero attached hydrogens (tertiary/aromatic N) is 1. The Morgan fingerprint density at radius 3 is 2.15 bits per heavy atom. The summed E-state index contributed by atoms with van der Waals surface area (Å²) < 4.78 is 0. The minimum atomic E-state index is 0.282. The van der Waals surface area contributed by atoms with Gasteiger partial charge in [-0.15, -0.1) is 0 Å². The number of hydrogen-bond donors (Lipinski definition) is 2. The molecule has 0 aromatic carbocycles. The SMILES string of the molecule is CNCCNCCN(C)C(C)(C)C. The summed E-state index contributed by atoms with van der Waals surface area (Å²) in [4.78, 5) is 2.36. The van der Waals surface area contributed by atoms with Crippen molar-refractivity contribution < 1.29 is 0 Å². The van der Waals surface area contributed by atoms with Crippen molar-refractivity contribution in [2.45, 2.75) is 26.3 Å². The summed E-state index contributed by atoms with van der Waals surface area (Å²) in [6.07, 6.45) is 0. The van der Waals surface area contributed by atoms with Crippen LogP contribution in [0.2, 0.25) is 0 Å². The van der Waals surface area contributed by atoms with E-state index >= 15 is 0 Å². The van der Waals surface area contributed by atoms with Gasteiger partial charge in [0, 0.05) is 31.7 Å². The fraction of sp³-hybridized carbons (Fsp3) is 1.00. The van der Waals surface area contributed by atoms with Gasteiger partial charge in [0.05, 0.1) is 0 Å². The molecule has 0 aromatic rings. The zero-order chi connectivity index (χ0) is 10.3. The average molecular weight is 187 g/mol. The Labute approximate surface area is 82.9 Å². The van der Waals surface area contributed by atoms with E-state index in [4.69, 9.17) is 0 Å². The summed E-state index contributed by atoms with van der Waals surface area (Å²) in [5.74, 6) is 0. The van der Waals surface area contributed by atoms with Crippen LogP contribution in [0.4, 0.5) is 0 Å². The molecule has 0 bridgehead atoms. The first-order chi connectivity index (χ1) is 5.98. The summed E-state index contributed by atoms with van der Waals surface area (Å²) in [6.45, 7) is 11.0. The molecule has 0 aromatic heterocycles. The van der Waals surface area contributed by atoms with Crippen LogP contribution in [0.3, 0.4) is 0 Å². The second-order valence-electron chi connectivity index (χ2n) is 4.45. The third-order valence-electron chi connectivity index (χ3n) is 2.32. The molecule has 0 unspecified atom stereocenters. The van der Waals surface area contributed by atoms with E-state index in [9.17, 15) is 0 Å². The van der Waals surface area contributed by atoms with Crippen LogP contribution in [0, 0.1) is 0 Å². The molecule has 80 valence electrons. The second-order valence-corrected chi connectivity index (χ2v) is 4.45. The third-order valence-corrected chi connectivity index (χ3v) is 2.32. The lowest BCUT2D eigenvalue weighted by Crippen LogP contribution is -2.42. The standard InChI is InChI=1S/C10H25N3/c1-10(2,3)13(5)9-8-12-7-6-11-4/h11-12H,6-9H2,1-5H3. The Kier molecular flexibility index (Phi) is 6.29. The van der Waals surface area contributed by atoms with Crippen LogP contribution in [-0.4, -0.2) is 50.7 Å². The minimum Gasteiger partial charge on any atom is -0.318 e. The Morgan fingerprint density at radius 2 is 1.69 bits per heavy atom. The first-order valence-corrected chi connectivity index (χ1v) is 5.05. The van der Waals surface area contributed by atoms with Crippen LogP contribution in [-0.2, 0) is 0 Å². The van der Waals surface area contributed by atoms with Gasteiger partial charge in [0.25, 0.3) is 0 Å². The van der Waals surface area contributed by atoms with E-state index in [2.05, 4.69) is 43.4 Å². The minimum absolute atomic E-state index is 0.282. The molecule has 0 fully saturated rings. The van der Waals surface area contributed by atoms with Gasteiger partial charge in [-0.1, -0.05) is 0 Å². The normalized spacial score (nSPS) is 12.5. The van der Waals surface area contributed by atoms with Crippen LogP contribution in [0.15, 0.2) is 0 Å². The lowest BCUT2D eigenvalue weighted by Gasteiger charge is -2.31. The van der Waals surface area contributed by atoms with Crippen molar-refractivity contribution in [3.63, 3.8) is 0 Å². The number of rotatable bonds is 6. The van der Waals surface area contributed by atoms with E-state index in [1.807, 2.05) is 7.05 Å². The van der Waals surface area contributed by atoms with E-state index < -0.39 is 0 Å². The van der Waals surface area contributed by atoms with Gasteiger partial charge in [-0.05, 0) is 34.9 Å². The molecular weight excluding hydrogens is 162 g/mol. The molecule has 0 aliphatic carbocycles. The van der Waals surface area contributed by atoms with Crippen LogP contribution in [0.5, 0.6) is 0 Å². The zero-order valence-corrected chi connectivity index (χ0v) is 9.78. The quantitative estimate of drug-likeness (QED) is 0.594. The molecule has 13 heavy (non-hydrogen) atoms. The molecule has 3 nitrogen and oxygen atoms in total. The van der Waals surface area contributed by atoms with Gasteiger partial charge in [-0.2, -0.15) is 0 Å². The molecule has 0 saturated heterocycles. The summed E-state index contributed by atoms with van der Waals surface area (Å²) in [5, 5.41) is 6.50. The molecule has 0 heterocycles. The van der Waals surface area contributed by atoms with E-state index in [-0.39, 0.29) is 5.54 Å². The van der Waals surface area contributed by atoms with E-state index in [1.54, 1.807) is 0 Å². The van der Waals surface area contributed by atoms with Crippen molar-refractivity contribution >= 4 is 0 Å². The van der Waals surface area contributed by atoms with Crippen molar-refractivity contribution in [2.75, 3.05) is 40.3 Å². The van der Waals surface area contributed by atoms with Gasteiger partial charge in [-0.25, -0.2) is 0 Å². The first-order valence-electron chi connectivity index (χ1n) is 5.05. The molecule has 0 saturated carbocycles. The Hall–Kier alpha value is -0.120. The van der Waals surface area contributed by atoms with Crippen LogP contribution in [0.1, 0.15) is 20.8 Å². The topological polar surface area (TPSA) is 27.3 Å². The highest BCUT2D eigenvalue weighted by molar-refractivity contribution is 4.73. The van der Waals surface area contributed by atoms with Gasteiger partial charge in [-0.3, -0.25) is 0 Å². The molecule has 0 aliphatic heterocycles. The summed E-state index contributed by atoms with van der Waals surface area (Å²) in [5.41, 5.74) is 0.282. The van der Waals surface area contributed by atoms with Crippen molar-refractivity contribution in [2.24, 2.45) is 0 Å². The largest absolute Gasteiger partial charge is 0.318 e. The van der Waals surface area contributed by atoms with E-state index in [0.717, 1.165) is 26.2 Å². The Bertz CT molecular complexity index is 118. The van der Waals surface area contributed by atoms with E-state index in [1.165, 1.54) is 0 Å². The summed E-state index contributed by atoms with van der Waals surface area (Å²) in [7, 11) is 4.14. The lowest BCUT2D eigenvalue weighted by molar-refractivity contribution is 0.177. The highest BCUT2D eigenvalue weighted by Gasteiger charge is 2.15. The van der Waals surface area contributed by atoms with Crippen molar-refractivity contribution in [3.05, 3.63) is 0 Å². The molecule has 0 atom stereocenters. The maximum absolute atomic E-state index is 3.39. The predicted octanol–water partition coefficient (Wildman–Crippen LogP) is 0.526. The molecule has 3 heteroatoms. The smallest absolute Gasteiger partial charge is 0.0122 e. The van der Waals surface area contributed by atoms with E-state index in [0.29, 0.717) is 0 Å². The molecule has 0 radical (unpaired) electrons. The van der Waals surface area contributed by atoms with Crippen molar-refractivity contribution in [1.29, 1.82) is 0 Å². The van der Waals surface area contributed by atoms with Crippen LogP contribution in [0.25, 0.3) is 0 Å². The highest BCUT2D eigenvalue weighted by Crippen LogP contribution is 2.08. The molecule has 0 aliphatic rings. The summed E-state index contributed by atoms with van der Waals surface area (Å²) in [6, 6.07) is 0. The predicted molar refractivity (Wildman–Crippen MR) is 59.2 cm³/mol. The van der Waals surface area contributed by atoms with Gasteiger partial charge in [0.1, 0.15) is 0 Å². The molecule has 2 N–H and O–H groups in total. The van der Waals surface area contributed by atoms with Gasteiger partial charge in [0.15, 0.2) is 0 Å². The second kappa shape index (κ2) is 6.35.